The van der Waals surface area contributed by atoms with Crippen LogP contribution in [0.4, 0.5) is 20.3 Å². The van der Waals surface area contributed by atoms with Gasteiger partial charge in [-0.15, -0.1) is 0 Å². The largest absolute Gasteiger partial charge is 0.508 e. The third-order valence-corrected chi connectivity index (χ3v) is 3.19. The molecule has 5 heteroatoms. The number of aromatic nitrogens is 1. The van der Waals surface area contributed by atoms with E-state index in [0.717, 1.165) is 17.0 Å². The second-order valence-corrected chi connectivity index (χ2v) is 4.78. The highest BCUT2D eigenvalue weighted by Crippen LogP contribution is 2.26. The number of hydrogen-bond acceptors (Lipinski definition) is 3. The Labute approximate surface area is 119 Å². The van der Waals surface area contributed by atoms with Crippen LogP contribution in [-0.2, 0) is 0 Å². The molecule has 0 spiro atoms. The van der Waals surface area contributed by atoms with Gasteiger partial charge in [0.15, 0.2) is 0 Å². The summed E-state index contributed by atoms with van der Waals surface area (Å²) in [5, 5.41) is 13.2. The highest BCUT2D eigenvalue weighted by molar-refractivity contribution is 5.85. The second kappa shape index (κ2) is 5.01. The molecule has 3 aromatic rings. The van der Waals surface area contributed by atoms with E-state index in [4.69, 9.17) is 0 Å². The van der Waals surface area contributed by atoms with Gasteiger partial charge in [0.2, 0.25) is 0 Å². The summed E-state index contributed by atoms with van der Waals surface area (Å²) in [6.45, 7) is 1.90. The number of anilines is 2. The topological polar surface area (TPSA) is 45.2 Å². The molecule has 0 aliphatic heterocycles. The van der Waals surface area contributed by atoms with Crippen LogP contribution in [0, 0.1) is 18.6 Å². The van der Waals surface area contributed by atoms with Gasteiger partial charge in [0.25, 0.3) is 0 Å². The van der Waals surface area contributed by atoms with Crippen molar-refractivity contribution < 1.29 is 13.9 Å². The third-order valence-electron chi connectivity index (χ3n) is 3.19. The first-order chi connectivity index (χ1) is 10.0. The predicted octanol–water partition coefficient (Wildman–Crippen LogP) is 4.27. The quantitative estimate of drug-likeness (QED) is 0.739. The van der Waals surface area contributed by atoms with Crippen molar-refractivity contribution in [2.24, 2.45) is 0 Å². The van der Waals surface area contributed by atoms with E-state index in [0.29, 0.717) is 11.3 Å². The average molecular weight is 286 g/mol. The average Bonchev–Trinajstić information content (AvgIpc) is 2.41. The van der Waals surface area contributed by atoms with E-state index in [1.807, 2.05) is 6.92 Å². The Hall–Kier alpha value is -2.69. The summed E-state index contributed by atoms with van der Waals surface area (Å²) < 4.78 is 26.5. The molecule has 1 heterocycles. The summed E-state index contributed by atoms with van der Waals surface area (Å²) in [5.41, 5.74) is 1.67. The zero-order chi connectivity index (χ0) is 15.0. The molecule has 1 aromatic heterocycles. The molecule has 0 fully saturated rings. The lowest BCUT2D eigenvalue weighted by atomic mass is 10.1. The molecule has 0 radical (unpaired) electrons. The number of nitrogens with zero attached hydrogens (tertiary/aromatic N) is 1. The molecule has 2 aromatic carbocycles. The highest BCUT2D eigenvalue weighted by atomic mass is 19.1. The molecular weight excluding hydrogens is 274 g/mol. The van der Waals surface area contributed by atoms with Crippen molar-refractivity contribution in [1.82, 2.24) is 4.98 Å². The Balaban J connectivity index is 2.04. The summed E-state index contributed by atoms with van der Waals surface area (Å²) in [7, 11) is 0. The van der Waals surface area contributed by atoms with Crippen molar-refractivity contribution in [3.05, 3.63) is 59.7 Å². The number of pyridine rings is 1. The molecule has 0 aliphatic carbocycles. The smallest absolute Gasteiger partial charge is 0.149 e. The first-order valence-electron chi connectivity index (χ1n) is 6.35. The lowest BCUT2D eigenvalue weighted by Gasteiger charge is -2.10. The number of benzene rings is 2. The Morgan fingerprint density at radius 1 is 1.05 bits per heavy atom. The number of phenols is 1. The summed E-state index contributed by atoms with van der Waals surface area (Å²) in [6.07, 6.45) is 0. The van der Waals surface area contributed by atoms with Crippen molar-refractivity contribution in [3.63, 3.8) is 0 Å². The molecular formula is C16H12F2N2O. The Morgan fingerprint density at radius 2 is 1.86 bits per heavy atom. The van der Waals surface area contributed by atoms with Gasteiger partial charge in [-0.3, -0.25) is 0 Å². The first kappa shape index (κ1) is 13.3. The predicted molar refractivity (Wildman–Crippen MR) is 77.8 cm³/mol. The van der Waals surface area contributed by atoms with Gasteiger partial charge in [-0.1, -0.05) is 0 Å². The van der Waals surface area contributed by atoms with Gasteiger partial charge < -0.3 is 10.4 Å². The molecule has 3 nitrogen and oxygen atoms in total. The van der Waals surface area contributed by atoms with Crippen LogP contribution in [0.2, 0.25) is 0 Å². The number of phenolic OH excluding ortho intramolecular Hbond substituents is 1. The van der Waals surface area contributed by atoms with Crippen molar-refractivity contribution in [2.75, 3.05) is 5.32 Å². The standard InChI is InChI=1S/C16H12F2N2O/c1-9-6-16(19-14-5-2-10(17)7-13(14)18)20-15-8-11(21)3-4-12(9)15/h2-8,21H,1H3,(H,19,20). The molecule has 0 amide bonds. The van der Waals surface area contributed by atoms with E-state index in [1.54, 1.807) is 18.2 Å². The van der Waals surface area contributed by atoms with Crippen LogP contribution >= 0.6 is 0 Å². The molecule has 106 valence electrons. The molecule has 0 saturated heterocycles. The lowest BCUT2D eigenvalue weighted by Crippen LogP contribution is -1.98. The Morgan fingerprint density at radius 3 is 2.62 bits per heavy atom. The van der Waals surface area contributed by atoms with Crippen LogP contribution in [0.1, 0.15) is 5.56 Å². The minimum Gasteiger partial charge on any atom is -0.508 e. The van der Waals surface area contributed by atoms with E-state index in [9.17, 15) is 13.9 Å². The fourth-order valence-corrected chi connectivity index (χ4v) is 2.18. The molecule has 21 heavy (non-hydrogen) atoms. The Bertz CT molecular complexity index is 834. The van der Waals surface area contributed by atoms with Crippen LogP contribution in [-0.4, -0.2) is 10.1 Å². The maximum absolute atomic E-state index is 13.6. The van der Waals surface area contributed by atoms with E-state index in [2.05, 4.69) is 10.3 Å². The third kappa shape index (κ3) is 2.63. The molecule has 0 atom stereocenters. The zero-order valence-corrected chi connectivity index (χ0v) is 11.2. The van der Waals surface area contributed by atoms with Gasteiger partial charge in [0.05, 0.1) is 11.2 Å². The van der Waals surface area contributed by atoms with Crippen molar-refractivity contribution in [1.29, 1.82) is 0 Å². The maximum atomic E-state index is 13.6. The summed E-state index contributed by atoms with van der Waals surface area (Å²) in [4.78, 5) is 4.32. The van der Waals surface area contributed by atoms with Gasteiger partial charge in [-0.05, 0) is 42.8 Å². The number of rotatable bonds is 2. The minimum absolute atomic E-state index is 0.111. The summed E-state index contributed by atoms with van der Waals surface area (Å²) >= 11 is 0. The lowest BCUT2D eigenvalue weighted by molar-refractivity contribution is 0.476. The van der Waals surface area contributed by atoms with Gasteiger partial charge in [-0.2, -0.15) is 0 Å². The van der Waals surface area contributed by atoms with Crippen molar-refractivity contribution >= 4 is 22.4 Å². The highest BCUT2D eigenvalue weighted by Gasteiger charge is 2.07. The van der Waals surface area contributed by atoms with E-state index in [1.165, 1.54) is 18.2 Å². The van der Waals surface area contributed by atoms with Crippen LogP contribution in [0.3, 0.4) is 0 Å². The second-order valence-electron chi connectivity index (χ2n) is 4.78. The van der Waals surface area contributed by atoms with Gasteiger partial charge in [-0.25, -0.2) is 13.8 Å². The normalized spacial score (nSPS) is 10.8. The Kier molecular flexibility index (Phi) is 3.17. The van der Waals surface area contributed by atoms with Crippen molar-refractivity contribution in [3.8, 4) is 5.75 Å². The molecule has 2 N–H and O–H groups in total. The van der Waals surface area contributed by atoms with Gasteiger partial charge in [0, 0.05) is 17.5 Å². The molecule has 3 rings (SSSR count). The number of halogens is 2. The summed E-state index contributed by atoms with van der Waals surface area (Å²) in [5.74, 6) is -0.785. The van der Waals surface area contributed by atoms with Gasteiger partial charge in [0.1, 0.15) is 23.2 Å². The van der Waals surface area contributed by atoms with E-state index >= 15 is 0 Å². The first-order valence-corrected chi connectivity index (χ1v) is 6.35. The van der Waals surface area contributed by atoms with Crippen LogP contribution in [0.15, 0.2) is 42.5 Å². The molecule has 0 saturated carbocycles. The number of hydrogen-bond donors (Lipinski definition) is 2. The van der Waals surface area contributed by atoms with E-state index < -0.39 is 11.6 Å². The van der Waals surface area contributed by atoms with E-state index in [-0.39, 0.29) is 11.4 Å². The van der Waals surface area contributed by atoms with Crippen molar-refractivity contribution in [2.45, 2.75) is 6.92 Å². The maximum Gasteiger partial charge on any atom is 0.149 e. The van der Waals surface area contributed by atoms with Crippen LogP contribution < -0.4 is 5.32 Å². The molecule has 0 unspecified atom stereocenters. The van der Waals surface area contributed by atoms with Crippen LogP contribution in [0.25, 0.3) is 10.9 Å². The number of aryl methyl sites for hydroxylation is 1. The minimum atomic E-state index is -0.689. The number of nitrogens with one attached hydrogen (secondary N) is 1. The van der Waals surface area contributed by atoms with Crippen LogP contribution in [0.5, 0.6) is 5.75 Å². The molecule has 0 aliphatic rings. The SMILES string of the molecule is Cc1cc(Nc2ccc(F)cc2F)nc2cc(O)ccc12. The van der Waals surface area contributed by atoms with Gasteiger partial charge >= 0.3 is 0 Å². The zero-order valence-electron chi connectivity index (χ0n) is 11.2. The molecule has 0 bridgehead atoms. The summed E-state index contributed by atoms with van der Waals surface area (Å²) in [6, 6.07) is 9.96. The fraction of sp³-hybridized carbons (Fsp3) is 0.0625. The number of fused-ring (bicyclic) bond motifs is 1. The fourth-order valence-electron chi connectivity index (χ4n) is 2.18. The monoisotopic (exact) mass is 286 g/mol. The number of aromatic hydroxyl groups is 1.